The molecule has 1 aromatic rings. The highest BCUT2D eigenvalue weighted by Gasteiger charge is 2.29. The fourth-order valence-corrected chi connectivity index (χ4v) is 4.33. The SMILES string of the molecule is CSCCC(NS(=O)(=O)c1ccccc1)C(=O)N1CCCNCC1. The van der Waals surface area contributed by atoms with Gasteiger partial charge in [0, 0.05) is 19.6 Å². The second kappa shape index (κ2) is 9.41. The van der Waals surface area contributed by atoms with Crippen molar-refractivity contribution >= 4 is 27.7 Å². The normalized spacial score (nSPS) is 17.3. The summed E-state index contributed by atoms with van der Waals surface area (Å²) in [7, 11) is -3.71. The number of hydrogen-bond acceptors (Lipinski definition) is 5. The Labute approximate surface area is 148 Å². The molecule has 1 atom stereocenters. The molecule has 1 unspecified atom stereocenters. The summed E-state index contributed by atoms with van der Waals surface area (Å²) in [5.74, 6) is 0.590. The van der Waals surface area contributed by atoms with E-state index in [1.807, 2.05) is 6.26 Å². The molecule has 6 nitrogen and oxygen atoms in total. The van der Waals surface area contributed by atoms with Gasteiger partial charge in [0.2, 0.25) is 15.9 Å². The number of thioether (sulfide) groups is 1. The first-order valence-electron chi connectivity index (χ1n) is 8.10. The Balaban J connectivity index is 2.13. The highest BCUT2D eigenvalue weighted by molar-refractivity contribution is 7.98. The van der Waals surface area contributed by atoms with Gasteiger partial charge in [-0.2, -0.15) is 16.5 Å². The molecule has 24 heavy (non-hydrogen) atoms. The lowest BCUT2D eigenvalue weighted by atomic mass is 10.2. The van der Waals surface area contributed by atoms with E-state index in [0.717, 1.165) is 25.3 Å². The number of nitrogens with zero attached hydrogens (tertiary/aromatic N) is 1. The minimum Gasteiger partial charge on any atom is -0.340 e. The molecule has 1 amide bonds. The average Bonchev–Trinajstić information content (AvgIpc) is 2.88. The maximum atomic E-state index is 12.8. The van der Waals surface area contributed by atoms with Crippen LogP contribution in [0.25, 0.3) is 0 Å². The van der Waals surface area contributed by atoms with Gasteiger partial charge in [-0.05, 0) is 43.5 Å². The van der Waals surface area contributed by atoms with Crippen molar-refractivity contribution in [3.05, 3.63) is 30.3 Å². The van der Waals surface area contributed by atoms with Gasteiger partial charge >= 0.3 is 0 Å². The van der Waals surface area contributed by atoms with Crippen molar-refractivity contribution in [2.75, 3.05) is 38.2 Å². The number of amides is 1. The smallest absolute Gasteiger partial charge is 0.241 e. The molecule has 1 aliphatic rings. The van der Waals surface area contributed by atoms with Gasteiger partial charge in [-0.25, -0.2) is 8.42 Å². The molecular formula is C16H25N3O3S2. The zero-order valence-electron chi connectivity index (χ0n) is 13.9. The van der Waals surface area contributed by atoms with E-state index in [0.29, 0.717) is 19.5 Å². The van der Waals surface area contributed by atoms with Gasteiger partial charge in [0.25, 0.3) is 0 Å². The fourth-order valence-electron chi connectivity index (χ4n) is 2.61. The molecule has 2 N–H and O–H groups in total. The molecule has 0 aliphatic carbocycles. The van der Waals surface area contributed by atoms with Crippen LogP contribution in [0, 0.1) is 0 Å². The van der Waals surface area contributed by atoms with Crippen LogP contribution in [0.2, 0.25) is 0 Å². The van der Waals surface area contributed by atoms with Crippen molar-refractivity contribution < 1.29 is 13.2 Å². The van der Waals surface area contributed by atoms with Crippen LogP contribution in [0.1, 0.15) is 12.8 Å². The molecule has 1 heterocycles. The van der Waals surface area contributed by atoms with Crippen molar-refractivity contribution in [3.8, 4) is 0 Å². The van der Waals surface area contributed by atoms with E-state index in [1.54, 1.807) is 34.9 Å². The quantitative estimate of drug-likeness (QED) is 0.745. The summed E-state index contributed by atoms with van der Waals surface area (Å²) >= 11 is 1.60. The zero-order valence-corrected chi connectivity index (χ0v) is 15.5. The number of nitrogens with one attached hydrogen (secondary N) is 2. The van der Waals surface area contributed by atoms with Gasteiger partial charge < -0.3 is 10.2 Å². The third-order valence-corrected chi connectivity index (χ3v) is 6.04. The summed E-state index contributed by atoms with van der Waals surface area (Å²) < 4.78 is 27.7. The van der Waals surface area contributed by atoms with Crippen LogP contribution in [-0.4, -0.2) is 63.5 Å². The van der Waals surface area contributed by atoms with E-state index in [1.165, 1.54) is 12.1 Å². The Morgan fingerprint density at radius 2 is 2.04 bits per heavy atom. The summed E-state index contributed by atoms with van der Waals surface area (Å²) in [4.78, 5) is 14.8. The highest BCUT2D eigenvalue weighted by Crippen LogP contribution is 2.12. The number of carbonyl (C=O) groups excluding carboxylic acids is 1. The first-order chi connectivity index (χ1) is 11.5. The van der Waals surface area contributed by atoms with E-state index in [4.69, 9.17) is 0 Å². The Morgan fingerprint density at radius 3 is 2.75 bits per heavy atom. The number of sulfonamides is 1. The van der Waals surface area contributed by atoms with Gasteiger partial charge in [0.1, 0.15) is 6.04 Å². The van der Waals surface area contributed by atoms with Crippen molar-refractivity contribution in [3.63, 3.8) is 0 Å². The molecule has 1 saturated heterocycles. The Hall–Kier alpha value is -1.09. The lowest BCUT2D eigenvalue weighted by molar-refractivity contribution is -0.132. The predicted octanol–water partition coefficient (Wildman–Crippen LogP) is 0.908. The van der Waals surface area contributed by atoms with E-state index in [2.05, 4.69) is 10.0 Å². The highest BCUT2D eigenvalue weighted by atomic mass is 32.2. The van der Waals surface area contributed by atoms with Crippen LogP contribution >= 0.6 is 11.8 Å². The number of rotatable bonds is 7. The van der Waals surface area contributed by atoms with Crippen molar-refractivity contribution in [1.29, 1.82) is 0 Å². The molecule has 0 radical (unpaired) electrons. The molecule has 1 aliphatic heterocycles. The second-order valence-corrected chi connectivity index (χ2v) is 8.40. The average molecular weight is 372 g/mol. The first-order valence-corrected chi connectivity index (χ1v) is 11.0. The van der Waals surface area contributed by atoms with Crippen LogP contribution in [0.15, 0.2) is 35.2 Å². The minimum absolute atomic E-state index is 0.132. The molecule has 0 bridgehead atoms. The third kappa shape index (κ3) is 5.47. The first kappa shape index (κ1) is 19.2. The maximum absolute atomic E-state index is 12.8. The lowest BCUT2D eigenvalue weighted by Crippen LogP contribution is -2.49. The topological polar surface area (TPSA) is 78.5 Å². The molecule has 1 aromatic carbocycles. The summed E-state index contributed by atoms with van der Waals surface area (Å²) in [6.45, 7) is 2.90. The van der Waals surface area contributed by atoms with Crippen LogP contribution in [0.4, 0.5) is 0 Å². The summed E-state index contributed by atoms with van der Waals surface area (Å²) in [6.07, 6.45) is 3.31. The van der Waals surface area contributed by atoms with Crippen LogP contribution in [0.3, 0.4) is 0 Å². The fraction of sp³-hybridized carbons (Fsp3) is 0.562. The second-order valence-electron chi connectivity index (χ2n) is 5.70. The largest absolute Gasteiger partial charge is 0.340 e. The third-order valence-electron chi connectivity index (χ3n) is 3.91. The van der Waals surface area contributed by atoms with Crippen molar-refractivity contribution in [2.45, 2.75) is 23.8 Å². The Morgan fingerprint density at radius 1 is 1.29 bits per heavy atom. The molecule has 8 heteroatoms. The Kier molecular flexibility index (Phi) is 7.54. The number of benzene rings is 1. The number of carbonyl (C=O) groups is 1. The van der Waals surface area contributed by atoms with E-state index >= 15 is 0 Å². The van der Waals surface area contributed by atoms with E-state index in [9.17, 15) is 13.2 Å². The number of hydrogen-bond donors (Lipinski definition) is 2. The van der Waals surface area contributed by atoms with Gasteiger partial charge in [-0.15, -0.1) is 0 Å². The van der Waals surface area contributed by atoms with Gasteiger partial charge in [-0.1, -0.05) is 18.2 Å². The molecule has 0 aromatic heterocycles. The van der Waals surface area contributed by atoms with Crippen LogP contribution < -0.4 is 10.0 Å². The van der Waals surface area contributed by atoms with E-state index < -0.39 is 16.1 Å². The summed E-state index contributed by atoms with van der Waals surface area (Å²) in [5.41, 5.74) is 0. The maximum Gasteiger partial charge on any atom is 0.241 e. The Bertz CT molecular complexity index is 615. The zero-order chi connectivity index (χ0) is 17.4. The molecular weight excluding hydrogens is 346 g/mol. The van der Waals surface area contributed by atoms with E-state index in [-0.39, 0.29) is 10.8 Å². The monoisotopic (exact) mass is 371 g/mol. The standard InChI is InChI=1S/C16H25N3O3S2/c1-23-13-8-15(16(20)19-11-5-9-17-10-12-19)18-24(21,22)14-6-3-2-4-7-14/h2-4,6-7,15,17-18H,5,8-13H2,1H3. The summed E-state index contributed by atoms with van der Waals surface area (Å²) in [6, 6.07) is 7.46. The van der Waals surface area contributed by atoms with Crippen LogP contribution in [-0.2, 0) is 14.8 Å². The molecule has 1 fully saturated rings. The molecule has 134 valence electrons. The molecule has 0 saturated carbocycles. The molecule has 2 rings (SSSR count). The van der Waals surface area contributed by atoms with Crippen LogP contribution in [0.5, 0.6) is 0 Å². The summed E-state index contributed by atoms with van der Waals surface area (Å²) in [5, 5.41) is 3.25. The predicted molar refractivity (Wildman–Crippen MR) is 97.6 cm³/mol. The van der Waals surface area contributed by atoms with Crippen molar-refractivity contribution in [1.82, 2.24) is 14.9 Å². The van der Waals surface area contributed by atoms with Gasteiger partial charge in [0.15, 0.2) is 0 Å². The lowest BCUT2D eigenvalue weighted by Gasteiger charge is -2.26. The van der Waals surface area contributed by atoms with Gasteiger partial charge in [-0.3, -0.25) is 4.79 Å². The molecule has 0 spiro atoms. The minimum atomic E-state index is -3.71. The van der Waals surface area contributed by atoms with Crippen molar-refractivity contribution in [2.24, 2.45) is 0 Å². The van der Waals surface area contributed by atoms with Gasteiger partial charge in [0.05, 0.1) is 4.90 Å².